The molecule has 6 heteroatoms. The molecule has 0 aromatic heterocycles. The molecule has 0 spiro atoms. The Balaban J connectivity index is 2.83. The fraction of sp³-hybridized carbons (Fsp3) is 0.385. The number of hydrogen-bond acceptors (Lipinski definition) is 4. The van der Waals surface area contributed by atoms with Gasteiger partial charge in [-0.05, 0) is 49.3 Å². The Labute approximate surface area is 118 Å². The average Bonchev–Trinajstić information content (AvgIpc) is 2.39. The van der Waals surface area contributed by atoms with Gasteiger partial charge in [0.1, 0.15) is 0 Å². The van der Waals surface area contributed by atoms with E-state index in [1.54, 1.807) is 13.3 Å². The van der Waals surface area contributed by atoms with Crippen molar-refractivity contribution in [3.05, 3.63) is 23.8 Å². The molecule has 0 amide bonds. The van der Waals surface area contributed by atoms with E-state index in [9.17, 15) is 0 Å². The molecule has 104 valence electrons. The van der Waals surface area contributed by atoms with E-state index in [0.29, 0.717) is 5.75 Å². The van der Waals surface area contributed by atoms with E-state index in [0.717, 1.165) is 17.7 Å². The third-order valence-electron chi connectivity index (χ3n) is 2.48. The quantitative estimate of drug-likeness (QED) is 0.474. The van der Waals surface area contributed by atoms with Gasteiger partial charge in [0.2, 0.25) is 0 Å². The normalized spacial score (nSPS) is 12.2. The van der Waals surface area contributed by atoms with Gasteiger partial charge in [-0.25, -0.2) is 0 Å². The van der Waals surface area contributed by atoms with E-state index in [2.05, 4.69) is 29.7 Å². The van der Waals surface area contributed by atoms with Gasteiger partial charge in [0, 0.05) is 0 Å². The zero-order chi connectivity index (χ0) is 14.3. The Morgan fingerprint density at radius 2 is 2.26 bits per heavy atom. The van der Waals surface area contributed by atoms with E-state index < -0.39 is 0 Å². The van der Waals surface area contributed by atoms with Crippen molar-refractivity contribution in [1.29, 1.82) is 0 Å². The van der Waals surface area contributed by atoms with Crippen LogP contribution in [0, 0.1) is 0 Å². The summed E-state index contributed by atoms with van der Waals surface area (Å²) in [5.74, 6) is 1.39. The van der Waals surface area contributed by atoms with Crippen molar-refractivity contribution in [2.45, 2.75) is 26.4 Å². The second-order valence-corrected chi connectivity index (χ2v) is 4.42. The number of nitrogens with two attached hydrogens (primary N) is 1. The number of benzene rings is 1. The minimum atomic E-state index is 0.125. The van der Waals surface area contributed by atoms with Crippen LogP contribution in [-0.4, -0.2) is 24.5 Å². The summed E-state index contributed by atoms with van der Waals surface area (Å²) in [6.07, 6.45) is 2.68. The summed E-state index contributed by atoms with van der Waals surface area (Å²) in [6, 6.07) is 5.57. The molecule has 1 rings (SSSR count). The molecule has 19 heavy (non-hydrogen) atoms. The molecule has 0 bridgehead atoms. The van der Waals surface area contributed by atoms with E-state index in [1.165, 1.54) is 0 Å². The predicted octanol–water partition coefficient (Wildman–Crippen LogP) is 2.04. The van der Waals surface area contributed by atoms with Crippen molar-refractivity contribution in [2.24, 2.45) is 10.8 Å². The van der Waals surface area contributed by atoms with Gasteiger partial charge in [0.15, 0.2) is 16.6 Å². The second kappa shape index (κ2) is 7.58. The Kier molecular flexibility index (Phi) is 6.08. The number of ether oxygens (including phenoxy) is 2. The molecular weight excluding hydrogens is 262 g/mol. The van der Waals surface area contributed by atoms with Gasteiger partial charge >= 0.3 is 0 Å². The molecule has 0 saturated carbocycles. The highest BCUT2D eigenvalue weighted by Gasteiger charge is 2.08. The minimum Gasteiger partial charge on any atom is -0.493 e. The summed E-state index contributed by atoms with van der Waals surface area (Å²) in [7, 11) is 1.60. The second-order valence-electron chi connectivity index (χ2n) is 3.98. The van der Waals surface area contributed by atoms with Gasteiger partial charge in [-0.1, -0.05) is 6.92 Å². The smallest absolute Gasteiger partial charge is 0.184 e. The van der Waals surface area contributed by atoms with E-state index in [-0.39, 0.29) is 11.2 Å². The van der Waals surface area contributed by atoms with E-state index in [4.69, 9.17) is 15.2 Å². The van der Waals surface area contributed by atoms with Gasteiger partial charge in [-0.2, -0.15) is 5.10 Å². The van der Waals surface area contributed by atoms with Crippen LogP contribution >= 0.6 is 12.2 Å². The predicted molar refractivity (Wildman–Crippen MR) is 80.9 cm³/mol. The van der Waals surface area contributed by atoms with Crippen LogP contribution in [-0.2, 0) is 0 Å². The van der Waals surface area contributed by atoms with Crippen LogP contribution in [0.5, 0.6) is 11.5 Å². The fourth-order valence-electron chi connectivity index (χ4n) is 1.33. The Bertz CT molecular complexity index is 463. The number of rotatable bonds is 6. The molecule has 0 aliphatic heterocycles. The largest absolute Gasteiger partial charge is 0.493 e. The van der Waals surface area contributed by atoms with Crippen LogP contribution < -0.4 is 20.6 Å². The van der Waals surface area contributed by atoms with Crippen LogP contribution in [0.2, 0.25) is 0 Å². The van der Waals surface area contributed by atoms with Crippen LogP contribution in [0.3, 0.4) is 0 Å². The molecule has 3 N–H and O–H groups in total. The molecule has 0 radical (unpaired) electrons. The Morgan fingerprint density at radius 1 is 1.53 bits per heavy atom. The number of hydrazone groups is 1. The zero-order valence-electron chi connectivity index (χ0n) is 11.3. The molecule has 0 aliphatic carbocycles. The van der Waals surface area contributed by atoms with Crippen LogP contribution in [0.15, 0.2) is 23.3 Å². The van der Waals surface area contributed by atoms with Crippen molar-refractivity contribution in [3.8, 4) is 11.5 Å². The molecule has 0 saturated heterocycles. The van der Waals surface area contributed by atoms with Gasteiger partial charge in [0.25, 0.3) is 0 Å². The SMILES string of the molecule is CCC(C)Oc1ccc(C=NNC(N)=S)cc1OC. The standard InChI is InChI=1S/C13H19N3O2S/c1-4-9(2)18-11-6-5-10(7-12(11)17-3)8-15-16-13(14)19/h5-9H,4H2,1-3H3,(H3,14,16,19). The molecule has 0 heterocycles. The summed E-state index contributed by atoms with van der Waals surface area (Å²) >= 11 is 4.65. The molecule has 1 aromatic carbocycles. The summed E-state index contributed by atoms with van der Waals surface area (Å²) < 4.78 is 11.1. The first kappa shape index (κ1) is 15.2. The van der Waals surface area contributed by atoms with Gasteiger partial charge in [-0.3, -0.25) is 5.43 Å². The van der Waals surface area contributed by atoms with Crippen molar-refractivity contribution in [3.63, 3.8) is 0 Å². The van der Waals surface area contributed by atoms with Gasteiger partial charge < -0.3 is 15.2 Å². The summed E-state index contributed by atoms with van der Waals surface area (Å²) in [6.45, 7) is 4.08. The van der Waals surface area contributed by atoms with Crippen LogP contribution in [0.4, 0.5) is 0 Å². The fourth-order valence-corrected chi connectivity index (χ4v) is 1.39. The van der Waals surface area contributed by atoms with Crippen molar-refractivity contribution in [2.75, 3.05) is 7.11 Å². The number of hydrogen-bond donors (Lipinski definition) is 2. The lowest BCUT2D eigenvalue weighted by Crippen LogP contribution is -2.23. The van der Waals surface area contributed by atoms with Crippen molar-refractivity contribution < 1.29 is 9.47 Å². The minimum absolute atomic E-state index is 0.125. The number of nitrogens with one attached hydrogen (secondary N) is 1. The maximum Gasteiger partial charge on any atom is 0.184 e. The third kappa shape index (κ3) is 5.13. The number of nitrogens with zero attached hydrogens (tertiary/aromatic N) is 1. The highest BCUT2D eigenvalue weighted by atomic mass is 32.1. The van der Waals surface area contributed by atoms with E-state index in [1.807, 2.05) is 25.1 Å². The topological polar surface area (TPSA) is 68.9 Å². The lowest BCUT2D eigenvalue weighted by molar-refractivity contribution is 0.207. The van der Waals surface area contributed by atoms with Crippen molar-refractivity contribution >= 4 is 23.5 Å². The van der Waals surface area contributed by atoms with Crippen LogP contribution in [0.1, 0.15) is 25.8 Å². The molecule has 0 fully saturated rings. The first-order valence-electron chi connectivity index (χ1n) is 6.00. The molecule has 1 atom stereocenters. The molecular formula is C13H19N3O2S. The van der Waals surface area contributed by atoms with Crippen molar-refractivity contribution in [1.82, 2.24) is 5.43 Å². The van der Waals surface area contributed by atoms with Gasteiger partial charge in [-0.15, -0.1) is 0 Å². The highest BCUT2D eigenvalue weighted by molar-refractivity contribution is 7.80. The van der Waals surface area contributed by atoms with Gasteiger partial charge in [0.05, 0.1) is 19.4 Å². The molecule has 5 nitrogen and oxygen atoms in total. The van der Waals surface area contributed by atoms with Crippen LogP contribution in [0.25, 0.3) is 0 Å². The highest BCUT2D eigenvalue weighted by Crippen LogP contribution is 2.28. The first-order chi connectivity index (χ1) is 9.06. The summed E-state index contributed by atoms with van der Waals surface area (Å²) in [5, 5.41) is 4.01. The summed E-state index contributed by atoms with van der Waals surface area (Å²) in [5.41, 5.74) is 8.62. The third-order valence-corrected chi connectivity index (χ3v) is 2.57. The lowest BCUT2D eigenvalue weighted by atomic mass is 10.2. The maximum absolute atomic E-state index is 5.76. The average molecular weight is 281 g/mol. The monoisotopic (exact) mass is 281 g/mol. The molecule has 1 unspecified atom stereocenters. The maximum atomic E-state index is 5.76. The summed E-state index contributed by atoms with van der Waals surface area (Å²) in [4.78, 5) is 0. The van der Waals surface area contributed by atoms with E-state index >= 15 is 0 Å². The molecule has 1 aromatic rings. The number of thiocarbonyl (C=S) groups is 1. The molecule has 0 aliphatic rings. The Hall–Kier alpha value is -1.82. The number of methoxy groups -OCH3 is 1. The zero-order valence-corrected chi connectivity index (χ0v) is 12.2. The first-order valence-corrected chi connectivity index (χ1v) is 6.40. The Morgan fingerprint density at radius 3 is 2.84 bits per heavy atom. The lowest BCUT2D eigenvalue weighted by Gasteiger charge is -2.15.